The fraction of sp³-hybridized carbons (Fsp3) is 0.400. The smallest absolute Gasteiger partial charge is 0.214 e. The van der Waals surface area contributed by atoms with E-state index >= 15 is 0 Å². The molecule has 0 aliphatic carbocycles. The molecule has 0 spiro atoms. The lowest BCUT2D eigenvalue weighted by Gasteiger charge is -2.22. The first kappa shape index (κ1) is 19.6. The fourth-order valence-electron chi connectivity index (χ4n) is 2.44. The van der Waals surface area contributed by atoms with Crippen molar-refractivity contribution in [2.45, 2.75) is 38.5 Å². The van der Waals surface area contributed by atoms with Crippen molar-refractivity contribution in [2.24, 2.45) is 0 Å². The Morgan fingerprint density at radius 1 is 0.880 bits per heavy atom. The van der Waals surface area contributed by atoms with Crippen LogP contribution >= 0.6 is 0 Å². The largest absolute Gasteiger partial charge is 0.396 e. The molecule has 0 amide bonds. The first-order valence-electron chi connectivity index (χ1n) is 8.60. The van der Waals surface area contributed by atoms with Gasteiger partial charge in [-0.15, -0.1) is 0 Å². The molecule has 0 fully saturated rings. The molecule has 25 heavy (non-hydrogen) atoms. The van der Waals surface area contributed by atoms with Crippen molar-refractivity contribution in [3.05, 3.63) is 71.8 Å². The number of rotatable bonds is 12. The van der Waals surface area contributed by atoms with Crippen molar-refractivity contribution in [3.8, 4) is 0 Å². The van der Waals surface area contributed by atoms with Crippen molar-refractivity contribution < 1.29 is 19.7 Å². The molecule has 0 heterocycles. The molecular formula is C20H27NO4. The van der Waals surface area contributed by atoms with Gasteiger partial charge in [-0.25, -0.2) is 0 Å². The van der Waals surface area contributed by atoms with E-state index in [1.54, 1.807) is 0 Å². The second-order valence-corrected chi connectivity index (χ2v) is 5.88. The molecule has 0 aromatic heterocycles. The number of aliphatic hydroxyl groups excluding tert-OH is 2. The van der Waals surface area contributed by atoms with E-state index in [0.29, 0.717) is 32.7 Å². The molecule has 0 aliphatic rings. The number of benzene rings is 2. The van der Waals surface area contributed by atoms with E-state index in [0.717, 1.165) is 11.1 Å². The van der Waals surface area contributed by atoms with Crippen molar-refractivity contribution in [1.29, 1.82) is 0 Å². The van der Waals surface area contributed by atoms with E-state index in [4.69, 9.17) is 14.6 Å². The lowest BCUT2D eigenvalue weighted by atomic mass is 10.2. The molecule has 3 N–H and O–H groups in total. The molecule has 2 unspecified atom stereocenters. The number of aliphatic hydroxyl groups is 2. The maximum Gasteiger partial charge on any atom is 0.214 e. The van der Waals surface area contributed by atoms with Gasteiger partial charge in [0.2, 0.25) is 6.41 Å². The molecule has 0 bridgehead atoms. The maximum atomic E-state index is 10.0. The monoisotopic (exact) mass is 345 g/mol. The zero-order valence-electron chi connectivity index (χ0n) is 14.4. The Kier molecular flexibility index (Phi) is 9.18. The van der Waals surface area contributed by atoms with Gasteiger partial charge in [-0.05, 0) is 24.0 Å². The van der Waals surface area contributed by atoms with Gasteiger partial charge < -0.3 is 19.7 Å². The summed E-state index contributed by atoms with van der Waals surface area (Å²) in [5.41, 5.74) is 2.10. The normalized spacial score (nSPS) is 13.5. The zero-order valence-corrected chi connectivity index (χ0v) is 14.4. The van der Waals surface area contributed by atoms with E-state index in [9.17, 15) is 5.11 Å². The summed E-state index contributed by atoms with van der Waals surface area (Å²) in [4.78, 5) is 0. The summed E-state index contributed by atoms with van der Waals surface area (Å²) in [6, 6.07) is 19.5. The summed E-state index contributed by atoms with van der Waals surface area (Å²) < 4.78 is 11.2. The Morgan fingerprint density at radius 3 is 2.08 bits per heavy atom. The van der Waals surface area contributed by atoms with Gasteiger partial charge in [0.15, 0.2) is 0 Å². The molecule has 5 nitrogen and oxygen atoms in total. The van der Waals surface area contributed by atoms with Crippen molar-refractivity contribution >= 4 is 0 Å². The summed E-state index contributed by atoms with van der Waals surface area (Å²) >= 11 is 0. The zero-order chi connectivity index (χ0) is 17.7. The molecular weight excluding hydrogens is 318 g/mol. The summed E-state index contributed by atoms with van der Waals surface area (Å²) in [6.45, 7) is 1.38. The quantitative estimate of drug-likeness (QED) is 0.516. The molecule has 0 saturated carbocycles. The van der Waals surface area contributed by atoms with E-state index < -0.39 is 6.41 Å². The predicted octanol–water partition coefficient (Wildman–Crippen LogP) is 2.43. The van der Waals surface area contributed by atoms with Crippen molar-refractivity contribution in [3.63, 3.8) is 0 Å². The average molecular weight is 345 g/mol. The van der Waals surface area contributed by atoms with Gasteiger partial charge >= 0.3 is 0 Å². The van der Waals surface area contributed by atoms with Crippen LogP contribution in [0, 0.1) is 0 Å². The Bertz CT molecular complexity index is 564. The number of hydrogen-bond acceptors (Lipinski definition) is 5. The predicted molar refractivity (Wildman–Crippen MR) is 96.6 cm³/mol. The topological polar surface area (TPSA) is 71.0 Å². The van der Waals surface area contributed by atoms with E-state index in [1.807, 2.05) is 60.7 Å². The van der Waals surface area contributed by atoms with Crippen LogP contribution < -0.4 is 5.32 Å². The van der Waals surface area contributed by atoms with E-state index in [1.165, 1.54) is 0 Å². The minimum absolute atomic E-state index is 0.0957. The molecule has 0 aliphatic heterocycles. The lowest BCUT2D eigenvalue weighted by Crippen LogP contribution is -2.42. The third-order valence-electron chi connectivity index (χ3n) is 3.77. The van der Waals surface area contributed by atoms with Crippen molar-refractivity contribution in [1.82, 2.24) is 5.32 Å². The molecule has 0 saturated heterocycles. The van der Waals surface area contributed by atoms with E-state index in [-0.39, 0.29) is 12.6 Å². The SMILES string of the molecule is OCCCC(COCc1ccccc1)NC(O)OCc1ccccc1. The highest BCUT2D eigenvalue weighted by Crippen LogP contribution is 2.06. The van der Waals surface area contributed by atoms with Gasteiger partial charge in [0.05, 0.1) is 19.8 Å². The third-order valence-corrected chi connectivity index (χ3v) is 3.77. The fourth-order valence-corrected chi connectivity index (χ4v) is 2.44. The number of nitrogens with one attached hydrogen (secondary N) is 1. The maximum absolute atomic E-state index is 10.0. The standard InChI is InChI=1S/C20H27NO4/c22-13-7-12-19(16-24-14-17-8-3-1-4-9-17)21-20(23)25-15-18-10-5-2-6-11-18/h1-6,8-11,19-23H,7,12-16H2. The first-order chi connectivity index (χ1) is 12.3. The highest BCUT2D eigenvalue weighted by atomic mass is 16.6. The minimum atomic E-state index is -1.08. The van der Waals surface area contributed by atoms with Crippen LogP contribution in [-0.4, -0.2) is 35.9 Å². The highest BCUT2D eigenvalue weighted by molar-refractivity contribution is 5.14. The van der Waals surface area contributed by atoms with Gasteiger partial charge in [-0.2, -0.15) is 0 Å². The Hall–Kier alpha value is -1.76. The van der Waals surface area contributed by atoms with Gasteiger partial charge in [0, 0.05) is 12.6 Å². The molecule has 2 atom stereocenters. The van der Waals surface area contributed by atoms with Gasteiger partial charge in [-0.1, -0.05) is 60.7 Å². The average Bonchev–Trinajstić information content (AvgIpc) is 2.66. The molecule has 2 rings (SSSR count). The van der Waals surface area contributed by atoms with Gasteiger partial charge in [0.1, 0.15) is 0 Å². The van der Waals surface area contributed by atoms with Crippen molar-refractivity contribution in [2.75, 3.05) is 13.2 Å². The molecule has 2 aromatic carbocycles. The van der Waals surface area contributed by atoms with Gasteiger partial charge in [-0.3, -0.25) is 5.32 Å². The molecule has 2 aromatic rings. The van der Waals surface area contributed by atoms with Crippen LogP contribution in [0.1, 0.15) is 24.0 Å². The summed E-state index contributed by atoms with van der Waals surface area (Å²) in [6.07, 6.45) is 0.249. The summed E-state index contributed by atoms with van der Waals surface area (Å²) in [5.74, 6) is 0. The van der Waals surface area contributed by atoms with E-state index in [2.05, 4.69) is 5.32 Å². The van der Waals surface area contributed by atoms with Gasteiger partial charge in [0.25, 0.3) is 0 Å². The van der Waals surface area contributed by atoms with Crippen LogP contribution in [0.15, 0.2) is 60.7 Å². The second kappa shape index (κ2) is 11.7. The number of ether oxygens (including phenoxy) is 2. The molecule has 5 heteroatoms. The minimum Gasteiger partial charge on any atom is -0.396 e. The van der Waals surface area contributed by atoms with Crippen LogP contribution in [-0.2, 0) is 22.7 Å². The Labute approximate surface area is 149 Å². The second-order valence-electron chi connectivity index (χ2n) is 5.88. The lowest BCUT2D eigenvalue weighted by molar-refractivity contribution is -0.138. The first-order valence-corrected chi connectivity index (χ1v) is 8.60. The van der Waals surface area contributed by atoms with Crippen LogP contribution in [0.4, 0.5) is 0 Å². The summed E-state index contributed by atoms with van der Waals surface area (Å²) in [5, 5.41) is 22.1. The third kappa shape index (κ3) is 8.25. The highest BCUT2D eigenvalue weighted by Gasteiger charge is 2.14. The summed E-state index contributed by atoms with van der Waals surface area (Å²) in [7, 11) is 0. The van der Waals surface area contributed by atoms with Crippen LogP contribution in [0.5, 0.6) is 0 Å². The molecule has 136 valence electrons. The molecule has 0 radical (unpaired) electrons. The number of hydrogen-bond donors (Lipinski definition) is 3. The van der Waals surface area contributed by atoms with Crippen LogP contribution in [0.25, 0.3) is 0 Å². The van der Waals surface area contributed by atoms with Crippen LogP contribution in [0.2, 0.25) is 0 Å². The Balaban J connectivity index is 1.73. The van der Waals surface area contributed by atoms with Crippen LogP contribution in [0.3, 0.4) is 0 Å². The Morgan fingerprint density at radius 2 is 1.48 bits per heavy atom.